The first kappa shape index (κ1) is 13.9. The maximum absolute atomic E-state index is 11.3. The Labute approximate surface area is 90.6 Å². The van der Waals surface area contributed by atoms with E-state index in [9.17, 15) is 9.59 Å². The Kier molecular flexibility index (Phi) is 7.62. The van der Waals surface area contributed by atoms with E-state index in [0.717, 1.165) is 12.8 Å². The van der Waals surface area contributed by atoms with E-state index < -0.39 is 6.04 Å². The molecule has 0 fully saturated rings. The number of carbonyl (C=O) groups excluding carboxylic acids is 2. The fraction of sp³-hybridized carbons (Fsp3) is 0.800. The molecule has 88 valence electrons. The fourth-order valence-corrected chi connectivity index (χ4v) is 1.21. The second-order valence-electron chi connectivity index (χ2n) is 3.61. The van der Waals surface area contributed by atoms with Crippen LogP contribution < -0.4 is 16.8 Å². The van der Waals surface area contributed by atoms with Gasteiger partial charge in [-0.1, -0.05) is 13.3 Å². The highest BCUT2D eigenvalue weighted by Gasteiger charge is 2.10. The van der Waals surface area contributed by atoms with Crippen molar-refractivity contribution < 1.29 is 9.59 Å². The number of unbranched alkanes of at least 4 members (excludes halogenated alkanes) is 1. The van der Waals surface area contributed by atoms with Crippen LogP contribution in [-0.4, -0.2) is 24.4 Å². The first-order chi connectivity index (χ1) is 7.07. The van der Waals surface area contributed by atoms with E-state index in [4.69, 9.17) is 11.5 Å². The molecule has 0 aromatic carbocycles. The third kappa shape index (κ3) is 7.93. The molecule has 0 spiro atoms. The Balaban J connectivity index is 3.42. The minimum atomic E-state index is -0.411. The average Bonchev–Trinajstić information content (AvgIpc) is 2.16. The van der Waals surface area contributed by atoms with E-state index >= 15 is 0 Å². The maximum atomic E-state index is 11.3. The molecule has 0 heterocycles. The van der Waals surface area contributed by atoms with Crippen LogP contribution in [0.3, 0.4) is 0 Å². The zero-order valence-electron chi connectivity index (χ0n) is 9.29. The molecule has 0 aliphatic heterocycles. The summed E-state index contributed by atoms with van der Waals surface area (Å²) in [4.78, 5) is 21.7. The molecule has 1 atom stereocenters. The van der Waals surface area contributed by atoms with E-state index in [0.29, 0.717) is 25.8 Å². The molecule has 0 aromatic rings. The lowest BCUT2D eigenvalue weighted by Crippen LogP contribution is -2.40. The molecule has 0 saturated carbocycles. The summed E-state index contributed by atoms with van der Waals surface area (Å²) < 4.78 is 0. The monoisotopic (exact) mass is 215 g/mol. The minimum Gasteiger partial charge on any atom is -0.370 e. The Hall–Kier alpha value is -1.10. The maximum Gasteiger partial charge on any atom is 0.236 e. The van der Waals surface area contributed by atoms with E-state index in [1.165, 1.54) is 0 Å². The van der Waals surface area contributed by atoms with Gasteiger partial charge in [-0.3, -0.25) is 9.59 Å². The molecule has 0 saturated heterocycles. The van der Waals surface area contributed by atoms with Gasteiger partial charge in [-0.25, -0.2) is 0 Å². The molecule has 5 N–H and O–H groups in total. The van der Waals surface area contributed by atoms with E-state index in [2.05, 4.69) is 5.32 Å². The molecule has 1 unspecified atom stereocenters. The molecular weight excluding hydrogens is 194 g/mol. The average molecular weight is 215 g/mol. The predicted molar refractivity (Wildman–Crippen MR) is 58.9 cm³/mol. The Bertz CT molecular complexity index is 207. The summed E-state index contributed by atoms with van der Waals surface area (Å²) in [5.41, 5.74) is 10.6. The second-order valence-corrected chi connectivity index (χ2v) is 3.61. The van der Waals surface area contributed by atoms with Crippen molar-refractivity contribution in [2.24, 2.45) is 11.5 Å². The molecule has 15 heavy (non-hydrogen) atoms. The van der Waals surface area contributed by atoms with Crippen LogP contribution in [0.1, 0.15) is 39.0 Å². The summed E-state index contributed by atoms with van der Waals surface area (Å²) in [5, 5.41) is 2.72. The van der Waals surface area contributed by atoms with Crippen molar-refractivity contribution in [1.29, 1.82) is 0 Å². The number of hydrogen-bond donors (Lipinski definition) is 3. The van der Waals surface area contributed by atoms with Gasteiger partial charge in [-0.2, -0.15) is 0 Å². The van der Waals surface area contributed by atoms with Crippen LogP contribution >= 0.6 is 0 Å². The van der Waals surface area contributed by atoms with Crippen LogP contribution in [0.4, 0.5) is 0 Å². The number of hydrogen-bond acceptors (Lipinski definition) is 3. The third-order valence-corrected chi connectivity index (χ3v) is 2.09. The highest BCUT2D eigenvalue weighted by Crippen LogP contribution is 1.95. The van der Waals surface area contributed by atoms with Crippen molar-refractivity contribution in [3.05, 3.63) is 0 Å². The van der Waals surface area contributed by atoms with Crippen molar-refractivity contribution in [2.75, 3.05) is 6.54 Å². The lowest BCUT2D eigenvalue weighted by Gasteiger charge is -2.10. The molecule has 0 bridgehead atoms. The van der Waals surface area contributed by atoms with E-state index in [1.807, 2.05) is 6.92 Å². The quantitative estimate of drug-likeness (QED) is 0.492. The standard InChI is InChI=1S/C10H21N3O2/c1-2-5-8(11)10(15)13-7-4-3-6-9(12)14/h8H,2-7,11H2,1H3,(H2,12,14)(H,13,15). The van der Waals surface area contributed by atoms with Crippen LogP contribution in [0.15, 0.2) is 0 Å². The Morgan fingerprint density at radius 1 is 1.33 bits per heavy atom. The summed E-state index contributed by atoms with van der Waals surface area (Å²) in [7, 11) is 0. The van der Waals surface area contributed by atoms with Gasteiger partial charge >= 0.3 is 0 Å². The van der Waals surface area contributed by atoms with Crippen molar-refractivity contribution in [1.82, 2.24) is 5.32 Å². The molecule has 0 rings (SSSR count). The summed E-state index contributed by atoms with van der Waals surface area (Å²) in [6.45, 7) is 2.55. The largest absolute Gasteiger partial charge is 0.370 e. The van der Waals surface area contributed by atoms with Crippen molar-refractivity contribution in [3.8, 4) is 0 Å². The predicted octanol–water partition coefficient (Wildman–Crippen LogP) is -0.114. The summed E-state index contributed by atoms with van der Waals surface area (Å²) in [5.74, 6) is -0.417. The third-order valence-electron chi connectivity index (χ3n) is 2.09. The van der Waals surface area contributed by atoms with E-state index in [-0.39, 0.29) is 11.8 Å². The molecule has 0 aromatic heterocycles. The summed E-state index contributed by atoms with van der Waals surface area (Å²) >= 11 is 0. The highest BCUT2D eigenvalue weighted by atomic mass is 16.2. The van der Waals surface area contributed by atoms with Gasteiger partial charge in [0.2, 0.25) is 11.8 Å². The van der Waals surface area contributed by atoms with Crippen molar-refractivity contribution in [3.63, 3.8) is 0 Å². The topological polar surface area (TPSA) is 98.2 Å². The molecular formula is C10H21N3O2. The zero-order chi connectivity index (χ0) is 11.7. The normalized spacial score (nSPS) is 12.1. The van der Waals surface area contributed by atoms with E-state index in [1.54, 1.807) is 0 Å². The fourth-order valence-electron chi connectivity index (χ4n) is 1.21. The first-order valence-electron chi connectivity index (χ1n) is 5.39. The number of primary amides is 1. The van der Waals surface area contributed by atoms with Gasteiger partial charge in [0.25, 0.3) is 0 Å². The number of rotatable bonds is 8. The zero-order valence-corrected chi connectivity index (χ0v) is 9.29. The van der Waals surface area contributed by atoms with Gasteiger partial charge < -0.3 is 16.8 Å². The summed E-state index contributed by atoms with van der Waals surface area (Å²) in [6.07, 6.45) is 3.44. The molecule has 0 aliphatic rings. The Morgan fingerprint density at radius 2 is 2.00 bits per heavy atom. The number of nitrogens with two attached hydrogens (primary N) is 2. The van der Waals surface area contributed by atoms with Crippen molar-refractivity contribution >= 4 is 11.8 Å². The van der Waals surface area contributed by atoms with Crippen molar-refractivity contribution in [2.45, 2.75) is 45.1 Å². The lowest BCUT2D eigenvalue weighted by molar-refractivity contribution is -0.122. The molecule has 0 aliphatic carbocycles. The molecule has 0 radical (unpaired) electrons. The highest BCUT2D eigenvalue weighted by molar-refractivity contribution is 5.81. The van der Waals surface area contributed by atoms with Crippen LogP contribution in [0, 0.1) is 0 Å². The number of carbonyl (C=O) groups is 2. The van der Waals surface area contributed by atoms with Crippen LogP contribution in [-0.2, 0) is 9.59 Å². The molecule has 5 nitrogen and oxygen atoms in total. The summed E-state index contributed by atoms with van der Waals surface area (Å²) in [6, 6.07) is -0.411. The Morgan fingerprint density at radius 3 is 2.53 bits per heavy atom. The molecule has 2 amide bonds. The SMILES string of the molecule is CCCC(N)C(=O)NCCCCC(N)=O. The van der Waals surface area contributed by atoms with Crippen LogP contribution in [0.2, 0.25) is 0 Å². The van der Waals surface area contributed by atoms with Gasteiger partial charge in [0.1, 0.15) is 0 Å². The number of amides is 2. The molecule has 5 heteroatoms. The lowest BCUT2D eigenvalue weighted by atomic mass is 10.1. The second kappa shape index (κ2) is 8.23. The van der Waals surface area contributed by atoms with Gasteiger partial charge in [0, 0.05) is 13.0 Å². The number of nitrogens with one attached hydrogen (secondary N) is 1. The van der Waals surface area contributed by atoms with Gasteiger partial charge in [0.05, 0.1) is 6.04 Å². The van der Waals surface area contributed by atoms with Crippen LogP contribution in [0.5, 0.6) is 0 Å². The van der Waals surface area contributed by atoms with Gasteiger partial charge in [-0.15, -0.1) is 0 Å². The van der Waals surface area contributed by atoms with Crippen LogP contribution in [0.25, 0.3) is 0 Å². The van der Waals surface area contributed by atoms with Gasteiger partial charge in [-0.05, 0) is 19.3 Å². The minimum absolute atomic E-state index is 0.115. The first-order valence-corrected chi connectivity index (χ1v) is 5.39. The van der Waals surface area contributed by atoms with Gasteiger partial charge in [0.15, 0.2) is 0 Å². The smallest absolute Gasteiger partial charge is 0.236 e.